The van der Waals surface area contributed by atoms with Crippen LogP contribution < -0.4 is 5.11 Å². The first-order valence-corrected chi connectivity index (χ1v) is 8.77. The van der Waals surface area contributed by atoms with Crippen LogP contribution in [0.2, 0.25) is 5.02 Å². The Morgan fingerprint density at radius 3 is 2.80 bits per heavy atom. The Hall–Kier alpha value is -2.29. The zero-order valence-corrected chi connectivity index (χ0v) is 15.1. The van der Waals surface area contributed by atoms with Gasteiger partial charge in [-0.1, -0.05) is 23.7 Å². The van der Waals surface area contributed by atoms with Crippen molar-refractivity contribution in [1.29, 1.82) is 0 Å². The Kier molecular flexibility index (Phi) is 5.12. The van der Waals surface area contributed by atoms with E-state index in [1.807, 2.05) is 12.1 Å². The van der Waals surface area contributed by atoms with Gasteiger partial charge in [0.25, 0.3) is 0 Å². The summed E-state index contributed by atoms with van der Waals surface area (Å²) in [4.78, 5) is 11.1. The van der Waals surface area contributed by atoms with Crippen molar-refractivity contribution in [2.24, 2.45) is 10.2 Å². The van der Waals surface area contributed by atoms with Crippen molar-refractivity contribution in [3.8, 4) is 5.88 Å². The van der Waals surface area contributed by atoms with Crippen molar-refractivity contribution < 1.29 is 15.0 Å². The van der Waals surface area contributed by atoms with Crippen molar-refractivity contribution in [3.05, 3.63) is 49.3 Å². The molecule has 0 saturated carbocycles. The molecule has 0 spiro atoms. The van der Waals surface area contributed by atoms with Crippen LogP contribution in [0, 0.1) is 3.95 Å². The molecule has 3 rings (SSSR count). The number of rotatable bonds is 5. The molecule has 0 saturated heterocycles. The molecule has 0 aliphatic carbocycles. The summed E-state index contributed by atoms with van der Waals surface area (Å²) in [5.74, 6) is -1.29. The smallest absolute Gasteiger partial charge is 0.210 e. The number of carbonyl (C=O) groups excluding carboxylic acids is 1. The number of aromatic nitrogens is 1. The van der Waals surface area contributed by atoms with E-state index in [2.05, 4.69) is 10.2 Å². The highest BCUT2D eigenvalue weighted by atomic mass is 35.5. The number of hydrogen-bond donors (Lipinski definition) is 1. The van der Waals surface area contributed by atoms with Crippen LogP contribution >= 0.6 is 35.2 Å². The zero-order valence-electron chi connectivity index (χ0n) is 12.7. The highest BCUT2D eigenvalue weighted by Crippen LogP contribution is 2.30. The summed E-state index contributed by atoms with van der Waals surface area (Å²) >= 11 is 12.3. The highest BCUT2D eigenvalue weighted by molar-refractivity contribution is 7.73. The van der Waals surface area contributed by atoms with Crippen molar-refractivity contribution in [2.45, 2.75) is 13.0 Å². The third-order valence-electron chi connectivity index (χ3n) is 3.47. The number of thiazole rings is 1. The van der Waals surface area contributed by atoms with Gasteiger partial charge < -0.3 is 15.0 Å². The van der Waals surface area contributed by atoms with Crippen LogP contribution in [0.15, 0.2) is 40.0 Å². The van der Waals surface area contributed by atoms with E-state index in [9.17, 15) is 15.0 Å². The van der Waals surface area contributed by atoms with E-state index < -0.39 is 5.97 Å². The largest absolute Gasteiger partial charge is 0.550 e. The molecule has 0 amide bonds. The number of carboxylic acids is 1. The van der Waals surface area contributed by atoms with Gasteiger partial charge in [0.05, 0.1) is 11.1 Å². The van der Waals surface area contributed by atoms with Crippen LogP contribution in [0.1, 0.15) is 16.9 Å². The van der Waals surface area contributed by atoms with Gasteiger partial charge >= 0.3 is 0 Å². The molecule has 25 heavy (non-hydrogen) atoms. The lowest BCUT2D eigenvalue weighted by molar-refractivity contribution is -0.305. The Balaban J connectivity index is 1.92. The van der Waals surface area contributed by atoms with Gasteiger partial charge in [-0.15, -0.1) is 16.4 Å². The second-order valence-electron chi connectivity index (χ2n) is 5.13. The average Bonchev–Trinajstić information content (AvgIpc) is 3.12. The summed E-state index contributed by atoms with van der Waals surface area (Å²) in [6, 6.07) is 7.17. The molecule has 1 N–H and O–H groups in total. The molecule has 1 aliphatic heterocycles. The van der Waals surface area contributed by atoms with Crippen molar-refractivity contribution in [3.63, 3.8) is 0 Å². The number of halogens is 1. The summed E-state index contributed by atoms with van der Waals surface area (Å²) in [6.45, 7) is 0.0545. The second kappa shape index (κ2) is 7.30. The van der Waals surface area contributed by atoms with E-state index in [1.54, 1.807) is 24.4 Å². The Bertz CT molecular complexity index is 972. The summed E-state index contributed by atoms with van der Waals surface area (Å²) in [5, 5.41) is 29.6. The number of nitrogens with zero attached hydrogens (tertiary/aromatic N) is 3. The lowest BCUT2D eigenvalue weighted by Crippen LogP contribution is -2.23. The zero-order chi connectivity index (χ0) is 18.0. The van der Waals surface area contributed by atoms with Gasteiger partial charge in [0.15, 0.2) is 3.95 Å². The fourth-order valence-corrected chi connectivity index (χ4v) is 3.69. The molecule has 1 aliphatic rings. The standard InChI is InChI=1S/C16H12ClN3O3S2/c17-11-3-1-9(2-4-11)14-10(8-18-19-14)7-12-15(23)20(16(24)25-12)6-5-13(21)22/h1-4,7-8,23H,5-6H2,(H,21,22)/p-1/b10-7+. The van der Waals surface area contributed by atoms with E-state index in [0.717, 1.165) is 5.56 Å². The average molecular weight is 393 g/mol. The maximum Gasteiger partial charge on any atom is 0.210 e. The lowest BCUT2D eigenvalue weighted by Gasteiger charge is -2.05. The third kappa shape index (κ3) is 3.87. The Labute approximate surface area is 157 Å². The van der Waals surface area contributed by atoms with E-state index in [0.29, 0.717) is 25.1 Å². The first kappa shape index (κ1) is 17.5. The molecular weight excluding hydrogens is 382 g/mol. The number of carboxylic acid groups (broad SMARTS) is 1. The van der Waals surface area contributed by atoms with Gasteiger partial charge in [0, 0.05) is 35.1 Å². The van der Waals surface area contributed by atoms with Crippen LogP contribution in [-0.4, -0.2) is 27.6 Å². The van der Waals surface area contributed by atoms with Gasteiger partial charge in [0.1, 0.15) is 5.71 Å². The molecule has 1 aromatic heterocycles. The number of aliphatic carboxylic acids is 1. The maximum atomic E-state index is 10.6. The van der Waals surface area contributed by atoms with E-state index >= 15 is 0 Å². The van der Waals surface area contributed by atoms with E-state index in [1.165, 1.54) is 15.9 Å². The van der Waals surface area contributed by atoms with Crippen molar-refractivity contribution in [2.75, 3.05) is 0 Å². The molecule has 0 bridgehead atoms. The minimum atomic E-state index is -1.20. The summed E-state index contributed by atoms with van der Waals surface area (Å²) in [7, 11) is 0. The first-order valence-electron chi connectivity index (χ1n) is 7.17. The summed E-state index contributed by atoms with van der Waals surface area (Å²) in [5.41, 5.74) is 2.20. The minimum absolute atomic E-state index is 0.0545. The molecule has 9 heteroatoms. The number of aromatic hydroxyl groups is 1. The molecule has 0 radical (unpaired) electrons. The highest BCUT2D eigenvalue weighted by Gasteiger charge is 2.16. The van der Waals surface area contributed by atoms with E-state index in [-0.39, 0.29) is 18.8 Å². The Morgan fingerprint density at radius 1 is 1.40 bits per heavy atom. The van der Waals surface area contributed by atoms with Gasteiger partial charge in [-0.25, -0.2) is 0 Å². The molecule has 128 valence electrons. The topological polar surface area (TPSA) is 90.0 Å². The molecular formula is C16H11ClN3O3S2-. The third-order valence-corrected chi connectivity index (χ3v) is 5.10. The quantitative estimate of drug-likeness (QED) is 0.792. The molecule has 2 heterocycles. The predicted octanol–water partition coefficient (Wildman–Crippen LogP) is 2.65. The molecule has 1 aromatic carbocycles. The monoisotopic (exact) mass is 392 g/mol. The van der Waals surface area contributed by atoms with Crippen LogP contribution in [0.3, 0.4) is 0 Å². The minimum Gasteiger partial charge on any atom is -0.550 e. The predicted molar refractivity (Wildman–Crippen MR) is 98.9 cm³/mol. The normalized spacial score (nSPS) is 14.9. The van der Waals surface area contributed by atoms with Crippen LogP contribution in [-0.2, 0) is 11.3 Å². The lowest BCUT2D eigenvalue weighted by atomic mass is 10.0. The van der Waals surface area contributed by atoms with Gasteiger partial charge in [-0.3, -0.25) is 4.57 Å². The number of hydrogen-bond acceptors (Lipinski definition) is 7. The molecule has 6 nitrogen and oxygen atoms in total. The van der Waals surface area contributed by atoms with Crippen molar-refractivity contribution in [1.82, 2.24) is 4.57 Å². The fourth-order valence-electron chi connectivity index (χ4n) is 2.26. The Morgan fingerprint density at radius 2 is 2.12 bits per heavy atom. The molecule has 0 atom stereocenters. The first-order chi connectivity index (χ1) is 12.0. The molecule has 0 unspecified atom stereocenters. The fraction of sp³-hybridized carbons (Fsp3) is 0.125. The summed E-state index contributed by atoms with van der Waals surface area (Å²) in [6.07, 6.45) is 3.07. The summed E-state index contributed by atoms with van der Waals surface area (Å²) < 4.78 is 1.75. The second-order valence-corrected chi connectivity index (χ2v) is 7.24. The van der Waals surface area contributed by atoms with Gasteiger partial charge in [-0.2, -0.15) is 5.10 Å². The van der Waals surface area contributed by atoms with Gasteiger partial charge in [0.2, 0.25) is 5.88 Å². The van der Waals surface area contributed by atoms with Crippen LogP contribution in [0.5, 0.6) is 5.88 Å². The number of carbonyl (C=O) groups is 1. The van der Waals surface area contributed by atoms with Crippen molar-refractivity contribution >= 4 is 59.1 Å². The molecule has 0 fully saturated rings. The van der Waals surface area contributed by atoms with Crippen LogP contribution in [0.25, 0.3) is 6.08 Å². The molecule has 2 aromatic rings. The van der Waals surface area contributed by atoms with Gasteiger partial charge in [-0.05, 0) is 30.4 Å². The number of allylic oxidation sites excluding steroid dienone is 1. The van der Waals surface area contributed by atoms with Crippen LogP contribution in [0.4, 0.5) is 0 Å². The van der Waals surface area contributed by atoms with E-state index in [4.69, 9.17) is 23.8 Å². The SMILES string of the molecule is O=C([O-])CCn1c(O)c(/C=C2\C=NN=C2c2ccc(Cl)cc2)sc1=S. The number of benzene rings is 1. The maximum absolute atomic E-state index is 10.6.